The van der Waals surface area contributed by atoms with Crippen molar-refractivity contribution in [3.63, 3.8) is 0 Å². The lowest BCUT2D eigenvalue weighted by Crippen LogP contribution is -2.62. The highest BCUT2D eigenvalue weighted by Crippen LogP contribution is 2.28. The molecule has 0 aromatic heterocycles. The first-order valence-electron chi connectivity index (χ1n) is 8.76. The number of aliphatic hydroxyl groups is 1. The van der Waals surface area contributed by atoms with Crippen molar-refractivity contribution in [1.29, 1.82) is 0 Å². The van der Waals surface area contributed by atoms with Gasteiger partial charge in [-0.05, 0) is 12.1 Å². The van der Waals surface area contributed by atoms with Crippen LogP contribution in [0.3, 0.4) is 0 Å². The molecule has 1 heterocycles. The van der Waals surface area contributed by atoms with Crippen LogP contribution in [-0.4, -0.2) is 66.3 Å². The fourth-order valence-electron chi connectivity index (χ4n) is 2.72. The van der Waals surface area contributed by atoms with Gasteiger partial charge < -0.3 is 28.8 Å². The predicted molar refractivity (Wildman–Crippen MR) is 94.3 cm³/mol. The van der Waals surface area contributed by atoms with Crippen molar-refractivity contribution in [2.24, 2.45) is 0 Å². The lowest BCUT2D eigenvalue weighted by molar-refractivity contribution is -0.294. The summed E-state index contributed by atoms with van der Waals surface area (Å²) in [5, 5.41) is 10.7. The molecule has 1 fully saturated rings. The van der Waals surface area contributed by atoms with Gasteiger partial charge in [-0.3, -0.25) is 14.4 Å². The van der Waals surface area contributed by atoms with E-state index in [2.05, 4.69) is 0 Å². The smallest absolute Gasteiger partial charge is 0.338 e. The summed E-state index contributed by atoms with van der Waals surface area (Å²) in [5.41, 5.74) is 0.187. The van der Waals surface area contributed by atoms with E-state index >= 15 is 0 Å². The molecule has 158 valence electrons. The Hall–Kier alpha value is -2.98. The molecule has 10 heteroatoms. The Morgan fingerprint density at radius 1 is 0.897 bits per heavy atom. The van der Waals surface area contributed by atoms with Crippen molar-refractivity contribution in [1.82, 2.24) is 0 Å². The number of aliphatic hydroxyl groups excluding tert-OH is 1. The Balaban J connectivity index is 2.27. The molecule has 0 unspecified atom stereocenters. The van der Waals surface area contributed by atoms with Crippen LogP contribution in [0.1, 0.15) is 31.1 Å². The molecule has 1 aromatic rings. The fraction of sp³-hybridized carbons (Fsp3) is 0.474. The van der Waals surface area contributed by atoms with Crippen molar-refractivity contribution in [3.05, 3.63) is 35.9 Å². The largest absolute Gasteiger partial charge is 0.463 e. The van der Waals surface area contributed by atoms with Crippen molar-refractivity contribution in [3.8, 4) is 0 Å². The van der Waals surface area contributed by atoms with Crippen LogP contribution in [0.25, 0.3) is 0 Å². The molecule has 2 rings (SSSR count). The topological polar surface area (TPSA) is 135 Å². The van der Waals surface area contributed by atoms with E-state index in [0.29, 0.717) is 0 Å². The molecular formula is C19H22O10. The van der Waals surface area contributed by atoms with E-state index in [1.165, 1.54) is 12.1 Å². The van der Waals surface area contributed by atoms with Crippen LogP contribution in [0.5, 0.6) is 0 Å². The van der Waals surface area contributed by atoms with Gasteiger partial charge in [-0.15, -0.1) is 0 Å². The third-order valence-corrected chi connectivity index (χ3v) is 3.90. The number of benzene rings is 1. The molecule has 10 nitrogen and oxygen atoms in total. The van der Waals surface area contributed by atoms with E-state index in [0.717, 1.165) is 20.8 Å². The molecule has 1 aliphatic rings. The van der Waals surface area contributed by atoms with Crippen LogP contribution in [0.4, 0.5) is 0 Å². The SMILES string of the molecule is CC(=O)OC[C@H]1O[C@H](OC(C)=O)[C@H](OC(=O)c2ccccc2)[C@@H](O)[C@H]1OC(C)=O. The van der Waals surface area contributed by atoms with Crippen molar-refractivity contribution in [2.75, 3.05) is 6.61 Å². The van der Waals surface area contributed by atoms with Crippen LogP contribution >= 0.6 is 0 Å². The molecule has 0 spiro atoms. The van der Waals surface area contributed by atoms with Gasteiger partial charge >= 0.3 is 23.9 Å². The van der Waals surface area contributed by atoms with Crippen LogP contribution in [0, 0.1) is 0 Å². The summed E-state index contributed by atoms with van der Waals surface area (Å²) in [7, 11) is 0. The van der Waals surface area contributed by atoms with Gasteiger partial charge in [0.15, 0.2) is 12.2 Å². The van der Waals surface area contributed by atoms with Crippen molar-refractivity contribution in [2.45, 2.75) is 51.5 Å². The lowest BCUT2D eigenvalue weighted by atomic mass is 9.98. The number of esters is 4. The number of rotatable bonds is 6. The van der Waals surface area contributed by atoms with E-state index < -0.39 is 54.6 Å². The average Bonchev–Trinajstić information content (AvgIpc) is 2.65. The zero-order valence-corrected chi connectivity index (χ0v) is 16.1. The Kier molecular flexibility index (Phi) is 7.68. The Bertz CT molecular complexity index is 747. The number of ether oxygens (including phenoxy) is 5. The van der Waals surface area contributed by atoms with Crippen molar-refractivity contribution >= 4 is 23.9 Å². The van der Waals surface area contributed by atoms with E-state index in [9.17, 15) is 24.3 Å². The fourth-order valence-corrected chi connectivity index (χ4v) is 2.72. The third-order valence-electron chi connectivity index (χ3n) is 3.90. The third kappa shape index (κ3) is 6.26. The molecule has 5 atom stereocenters. The Labute approximate surface area is 166 Å². The zero-order valence-electron chi connectivity index (χ0n) is 16.1. The molecule has 0 amide bonds. The number of carbonyl (C=O) groups excluding carboxylic acids is 4. The summed E-state index contributed by atoms with van der Waals surface area (Å²) in [5.74, 6) is -2.95. The maximum absolute atomic E-state index is 12.4. The minimum absolute atomic E-state index is 0.187. The molecule has 1 aliphatic heterocycles. The van der Waals surface area contributed by atoms with E-state index in [1.54, 1.807) is 18.2 Å². The monoisotopic (exact) mass is 410 g/mol. The van der Waals surface area contributed by atoms with E-state index in [4.69, 9.17) is 23.7 Å². The molecule has 0 aliphatic carbocycles. The van der Waals surface area contributed by atoms with Gasteiger partial charge in [0.2, 0.25) is 6.29 Å². The van der Waals surface area contributed by atoms with Gasteiger partial charge in [-0.2, -0.15) is 0 Å². The van der Waals surface area contributed by atoms with Crippen LogP contribution in [0.2, 0.25) is 0 Å². The molecule has 0 saturated carbocycles. The maximum Gasteiger partial charge on any atom is 0.338 e. The minimum Gasteiger partial charge on any atom is -0.463 e. The average molecular weight is 410 g/mol. The van der Waals surface area contributed by atoms with Gasteiger partial charge in [0.25, 0.3) is 0 Å². The molecular weight excluding hydrogens is 388 g/mol. The second kappa shape index (κ2) is 9.99. The maximum atomic E-state index is 12.4. The van der Waals surface area contributed by atoms with Gasteiger partial charge in [-0.1, -0.05) is 18.2 Å². The molecule has 0 bridgehead atoms. The normalized spacial score (nSPS) is 26.1. The molecule has 1 aromatic carbocycles. The Morgan fingerprint density at radius 2 is 1.52 bits per heavy atom. The van der Waals surface area contributed by atoms with Gasteiger partial charge in [-0.25, -0.2) is 4.79 Å². The van der Waals surface area contributed by atoms with Crippen LogP contribution < -0.4 is 0 Å². The molecule has 1 saturated heterocycles. The summed E-state index contributed by atoms with van der Waals surface area (Å²) in [6, 6.07) is 7.92. The number of hydrogen-bond donors (Lipinski definition) is 1. The van der Waals surface area contributed by atoms with Crippen molar-refractivity contribution < 1.29 is 48.0 Å². The summed E-state index contributed by atoms with van der Waals surface area (Å²) in [6.07, 6.45) is -7.13. The quantitative estimate of drug-likeness (QED) is 0.517. The standard InChI is InChI=1S/C19H22O10/c1-10(20)25-9-14-16(26-11(2)21)15(23)17(19(28-14)27-12(3)22)29-18(24)13-7-5-4-6-8-13/h4-8,14-17,19,23H,9H2,1-3H3/t14-,15+,16+,17-,19+/m1/s1. The van der Waals surface area contributed by atoms with Crippen LogP contribution in [0.15, 0.2) is 30.3 Å². The highest BCUT2D eigenvalue weighted by Gasteiger charge is 2.51. The predicted octanol–water partition coefficient (Wildman–Crippen LogP) is 0.356. The number of carbonyl (C=O) groups is 4. The van der Waals surface area contributed by atoms with Gasteiger partial charge in [0.05, 0.1) is 5.56 Å². The summed E-state index contributed by atoms with van der Waals surface area (Å²) < 4.78 is 25.8. The molecule has 29 heavy (non-hydrogen) atoms. The van der Waals surface area contributed by atoms with Crippen LogP contribution in [-0.2, 0) is 38.1 Å². The summed E-state index contributed by atoms with van der Waals surface area (Å²) >= 11 is 0. The van der Waals surface area contributed by atoms with E-state index in [-0.39, 0.29) is 12.2 Å². The Morgan fingerprint density at radius 3 is 2.07 bits per heavy atom. The number of hydrogen-bond acceptors (Lipinski definition) is 10. The van der Waals surface area contributed by atoms with Gasteiger partial charge in [0, 0.05) is 20.8 Å². The lowest BCUT2D eigenvalue weighted by Gasteiger charge is -2.42. The zero-order chi connectivity index (χ0) is 21.6. The summed E-state index contributed by atoms with van der Waals surface area (Å²) in [6.45, 7) is 2.99. The highest BCUT2D eigenvalue weighted by molar-refractivity contribution is 5.89. The first-order chi connectivity index (χ1) is 13.7. The first kappa shape index (κ1) is 22.3. The second-order valence-electron chi connectivity index (χ2n) is 6.26. The van der Waals surface area contributed by atoms with Gasteiger partial charge in [0.1, 0.15) is 18.8 Å². The highest BCUT2D eigenvalue weighted by atomic mass is 16.7. The molecule has 0 radical (unpaired) electrons. The second-order valence-corrected chi connectivity index (χ2v) is 6.26. The van der Waals surface area contributed by atoms with E-state index in [1.807, 2.05) is 0 Å². The summed E-state index contributed by atoms with van der Waals surface area (Å²) in [4.78, 5) is 46.4. The molecule has 1 N–H and O–H groups in total. The minimum atomic E-state index is -1.62. The first-order valence-corrected chi connectivity index (χ1v) is 8.76.